The molecule has 3 rings (SSSR count). The minimum Gasteiger partial charge on any atom is -0.350 e. The number of hydrogen-bond donors (Lipinski definition) is 1. The van der Waals surface area contributed by atoms with E-state index in [1.807, 2.05) is 56.3 Å². The summed E-state index contributed by atoms with van der Waals surface area (Å²) in [6, 6.07) is 18.8. The molecule has 0 aliphatic heterocycles. The van der Waals surface area contributed by atoms with Gasteiger partial charge in [-0.05, 0) is 31.0 Å². The number of nitrogens with one attached hydrogen (secondary N) is 1. The molecular formula is C21H21N3O2. The summed E-state index contributed by atoms with van der Waals surface area (Å²) in [7, 11) is 0. The van der Waals surface area contributed by atoms with Gasteiger partial charge in [0, 0.05) is 18.2 Å². The molecule has 1 amide bonds. The molecule has 5 heteroatoms. The van der Waals surface area contributed by atoms with Crippen molar-refractivity contribution in [1.29, 1.82) is 0 Å². The molecule has 0 radical (unpaired) electrons. The molecule has 26 heavy (non-hydrogen) atoms. The van der Waals surface area contributed by atoms with E-state index in [1.54, 1.807) is 6.07 Å². The predicted octanol–water partition coefficient (Wildman–Crippen LogP) is 2.84. The zero-order valence-electron chi connectivity index (χ0n) is 14.9. The fourth-order valence-corrected chi connectivity index (χ4v) is 2.80. The van der Waals surface area contributed by atoms with E-state index in [-0.39, 0.29) is 18.0 Å². The molecule has 0 fully saturated rings. The first-order chi connectivity index (χ1) is 12.5. The zero-order chi connectivity index (χ0) is 18.5. The first-order valence-corrected chi connectivity index (χ1v) is 8.49. The lowest BCUT2D eigenvalue weighted by Crippen LogP contribution is -2.33. The number of carbonyl (C=O) groups is 1. The highest BCUT2D eigenvalue weighted by Gasteiger charge is 2.09. The largest absolute Gasteiger partial charge is 0.350 e. The first-order valence-electron chi connectivity index (χ1n) is 8.49. The van der Waals surface area contributed by atoms with Crippen LogP contribution in [-0.2, 0) is 17.9 Å². The molecule has 132 valence electrons. The lowest BCUT2D eigenvalue weighted by Gasteiger charge is -2.10. The van der Waals surface area contributed by atoms with Gasteiger partial charge in [-0.1, -0.05) is 54.1 Å². The van der Waals surface area contributed by atoms with Gasteiger partial charge in [-0.3, -0.25) is 9.59 Å². The van der Waals surface area contributed by atoms with Gasteiger partial charge >= 0.3 is 0 Å². The number of amides is 1. The summed E-state index contributed by atoms with van der Waals surface area (Å²) in [6.07, 6.45) is 0. The maximum atomic E-state index is 12.2. The van der Waals surface area contributed by atoms with Crippen LogP contribution in [0.5, 0.6) is 0 Å². The minimum atomic E-state index is -0.298. The van der Waals surface area contributed by atoms with E-state index >= 15 is 0 Å². The SMILES string of the molecule is Cc1ccc(-c2ccc(=O)n(CC(=O)NCc3ccccc3)n2)c(C)c1. The molecule has 0 bridgehead atoms. The number of hydrogen-bond acceptors (Lipinski definition) is 3. The summed E-state index contributed by atoms with van der Waals surface area (Å²) in [6.45, 7) is 4.35. The summed E-state index contributed by atoms with van der Waals surface area (Å²) in [5.74, 6) is -0.249. The van der Waals surface area contributed by atoms with Gasteiger partial charge < -0.3 is 5.32 Å². The van der Waals surface area contributed by atoms with Crippen molar-refractivity contribution in [3.8, 4) is 11.3 Å². The molecule has 0 aliphatic rings. The normalized spacial score (nSPS) is 10.5. The Balaban J connectivity index is 1.75. The fourth-order valence-electron chi connectivity index (χ4n) is 2.80. The van der Waals surface area contributed by atoms with Crippen molar-refractivity contribution < 1.29 is 4.79 Å². The molecule has 0 atom stereocenters. The number of aryl methyl sites for hydroxylation is 2. The van der Waals surface area contributed by atoms with E-state index in [9.17, 15) is 9.59 Å². The van der Waals surface area contributed by atoms with Crippen molar-refractivity contribution in [3.05, 3.63) is 87.7 Å². The van der Waals surface area contributed by atoms with Crippen LogP contribution < -0.4 is 10.9 Å². The van der Waals surface area contributed by atoms with E-state index < -0.39 is 0 Å². The fraction of sp³-hybridized carbons (Fsp3) is 0.190. The second kappa shape index (κ2) is 7.78. The van der Waals surface area contributed by atoms with E-state index in [0.717, 1.165) is 16.7 Å². The Bertz CT molecular complexity index is 978. The van der Waals surface area contributed by atoms with Gasteiger partial charge in [-0.25, -0.2) is 4.68 Å². The van der Waals surface area contributed by atoms with Gasteiger partial charge in [0.25, 0.3) is 5.56 Å². The molecule has 0 aliphatic carbocycles. The second-order valence-electron chi connectivity index (χ2n) is 6.30. The Morgan fingerprint density at radius 1 is 1.04 bits per heavy atom. The van der Waals surface area contributed by atoms with Crippen LogP contribution in [0.2, 0.25) is 0 Å². The Morgan fingerprint density at radius 2 is 1.81 bits per heavy atom. The Morgan fingerprint density at radius 3 is 2.54 bits per heavy atom. The molecule has 0 saturated carbocycles. The molecule has 1 heterocycles. The topological polar surface area (TPSA) is 64.0 Å². The third kappa shape index (κ3) is 4.25. The highest BCUT2D eigenvalue weighted by molar-refractivity contribution is 5.75. The monoisotopic (exact) mass is 347 g/mol. The lowest BCUT2D eigenvalue weighted by molar-refractivity contribution is -0.122. The number of aromatic nitrogens is 2. The van der Waals surface area contributed by atoms with Crippen LogP contribution in [0.1, 0.15) is 16.7 Å². The average Bonchev–Trinajstić information content (AvgIpc) is 2.63. The quantitative estimate of drug-likeness (QED) is 0.772. The van der Waals surface area contributed by atoms with Crippen LogP contribution in [0.4, 0.5) is 0 Å². The third-order valence-corrected chi connectivity index (χ3v) is 4.15. The molecular weight excluding hydrogens is 326 g/mol. The summed E-state index contributed by atoms with van der Waals surface area (Å²) in [5, 5.41) is 7.19. The average molecular weight is 347 g/mol. The van der Waals surface area contributed by atoms with Gasteiger partial charge in [-0.15, -0.1) is 0 Å². The number of nitrogens with zero attached hydrogens (tertiary/aromatic N) is 2. The van der Waals surface area contributed by atoms with Crippen molar-refractivity contribution in [3.63, 3.8) is 0 Å². The van der Waals surface area contributed by atoms with Crippen LogP contribution >= 0.6 is 0 Å². The number of carbonyl (C=O) groups excluding carboxylic acids is 1. The van der Waals surface area contributed by atoms with Crippen LogP contribution in [0, 0.1) is 13.8 Å². The van der Waals surface area contributed by atoms with Gasteiger partial charge in [0.05, 0.1) is 5.69 Å². The molecule has 3 aromatic rings. The minimum absolute atomic E-state index is 0.107. The Kier molecular flexibility index (Phi) is 5.27. The standard InChI is InChI=1S/C21H21N3O2/c1-15-8-9-18(16(2)12-15)19-10-11-21(26)24(23-19)14-20(25)22-13-17-6-4-3-5-7-17/h3-12H,13-14H2,1-2H3,(H,22,25). The van der Waals surface area contributed by atoms with Crippen molar-refractivity contribution in [1.82, 2.24) is 15.1 Å². The Labute approximate surface area is 152 Å². The van der Waals surface area contributed by atoms with Crippen molar-refractivity contribution in [2.45, 2.75) is 26.9 Å². The van der Waals surface area contributed by atoms with Crippen LogP contribution in [0.25, 0.3) is 11.3 Å². The number of rotatable bonds is 5. The lowest BCUT2D eigenvalue weighted by atomic mass is 10.0. The maximum absolute atomic E-state index is 12.2. The highest BCUT2D eigenvalue weighted by atomic mass is 16.2. The van der Waals surface area contributed by atoms with Crippen LogP contribution in [0.15, 0.2) is 65.5 Å². The van der Waals surface area contributed by atoms with Gasteiger partial charge in [0.15, 0.2) is 0 Å². The van der Waals surface area contributed by atoms with E-state index in [2.05, 4.69) is 16.5 Å². The summed E-state index contributed by atoms with van der Waals surface area (Å²) < 4.78 is 1.20. The van der Waals surface area contributed by atoms with E-state index in [4.69, 9.17) is 0 Å². The molecule has 1 aromatic heterocycles. The second-order valence-corrected chi connectivity index (χ2v) is 6.30. The van der Waals surface area contributed by atoms with Gasteiger partial charge in [0.1, 0.15) is 6.54 Å². The predicted molar refractivity (Wildman–Crippen MR) is 102 cm³/mol. The van der Waals surface area contributed by atoms with Crippen molar-refractivity contribution in [2.75, 3.05) is 0 Å². The summed E-state index contributed by atoms with van der Waals surface area (Å²) >= 11 is 0. The van der Waals surface area contributed by atoms with Crippen LogP contribution in [0.3, 0.4) is 0 Å². The summed E-state index contributed by atoms with van der Waals surface area (Å²) in [4.78, 5) is 24.3. The van der Waals surface area contributed by atoms with E-state index in [1.165, 1.54) is 16.3 Å². The van der Waals surface area contributed by atoms with Gasteiger partial charge in [0.2, 0.25) is 5.91 Å². The maximum Gasteiger partial charge on any atom is 0.267 e. The Hall–Kier alpha value is -3.21. The van der Waals surface area contributed by atoms with Crippen molar-refractivity contribution >= 4 is 5.91 Å². The zero-order valence-corrected chi connectivity index (χ0v) is 14.9. The number of benzene rings is 2. The smallest absolute Gasteiger partial charge is 0.267 e. The van der Waals surface area contributed by atoms with Crippen molar-refractivity contribution in [2.24, 2.45) is 0 Å². The molecule has 0 spiro atoms. The van der Waals surface area contributed by atoms with Crippen LogP contribution in [-0.4, -0.2) is 15.7 Å². The van der Waals surface area contributed by atoms with Gasteiger partial charge in [-0.2, -0.15) is 5.10 Å². The molecule has 0 saturated heterocycles. The molecule has 5 nitrogen and oxygen atoms in total. The molecule has 0 unspecified atom stereocenters. The summed E-state index contributed by atoms with van der Waals surface area (Å²) in [5.41, 5.74) is 4.58. The molecule has 2 aromatic carbocycles. The molecule has 1 N–H and O–H groups in total. The van der Waals surface area contributed by atoms with E-state index in [0.29, 0.717) is 12.2 Å². The highest BCUT2D eigenvalue weighted by Crippen LogP contribution is 2.21. The third-order valence-electron chi connectivity index (χ3n) is 4.15. The first kappa shape index (κ1) is 17.6.